The molecule has 1 N–H and O–H groups in total. The number of benzene rings is 5. The van der Waals surface area contributed by atoms with E-state index in [1.807, 2.05) is 85.8 Å². The molecule has 0 unspecified atom stereocenters. The standard InChI is InChI=1S/C19H16O2.C12H9N/c1-15-14-18(20-16-8-4-2-5-9-16)12-13-19(15)21-17-10-6-3-7-11-17;1-3-7-11-9(5-1)10-6-2-4-8-12(10)13-11/h2-14H,1H3;1-8,13H. The number of ether oxygens (including phenoxy) is 2. The van der Waals surface area contributed by atoms with Crippen molar-refractivity contribution >= 4 is 21.8 Å². The Morgan fingerprint density at radius 3 is 1.53 bits per heavy atom. The zero-order valence-corrected chi connectivity index (χ0v) is 18.9. The largest absolute Gasteiger partial charge is 0.457 e. The van der Waals surface area contributed by atoms with Crippen molar-refractivity contribution in [3.63, 3.8) is 0 Å². The average Bonchev–Trinajstić information content (AvgIpc) is 3.26. The van der Waals surface area contributed by atoms with Crippen molar-refractivity contribution in [2.24, 2.45) is 0 Å². The van der Waals surface area contributed by atoms with Gasteiger partial charge in [-0.2, -0.15) is 0 Å². The molecule has 3 nitrogen and oxygen atoms in total. The third kappa shape index (κ3) is 4.94. The number of H-pyrrole nitrogens is 1. The van der Waals surface area contributed by atoms with Crippen molar-refractivity contribution in [2.45, 2.75) is 6.92 Å². The van der Waals surface area contributed by atoms with E-state index < -0.39 is 0 Å². The first-order valence-electron chi connectivity index (χ1n) is 11.3. The molecule has 0 bridgehead atoms. The highest BCUT2D eigenvalue weighted by Crippen LogP contribution is 2.30. The van der Waals surface area contributed by atoms with Crippen LogP contribution in [0.25, 0.3) is 21.8 Å². The Morgan fingerprint density at radius 2 is 0.971 bits per heavy atom. The fraction of sp³-hybridized carbons (Fsp3) is 0.0323. The Hall–Kier alpha value is -4.50. The van der Waals surface area contributed by atoms with Gasteiger partial charge < -0.3 is 14.5 Å². The maximum Gasteiger partial charge on any atom is 0.130 e. The molecular formula is C31H25NO2. The van der Waals surface area contributed by atoms with Crippen LogP contribution in [0.2, 0.25) is 0 Å². The Kier molecular flexibility index (Phi) is 6.26. The number of para-hydroxylation sites is 4. The van der Waals surface area contributed by atoms with Gasteiger partial charge in [-0.1, -0.05) is 72.8 Å². The van der Waals surface area contributed by atoms with Gasteiger partial charge in [-0.05, 0) is 67.1 Å². The van der Waals surface area contributed by atoms with Crippen molar-refractivity contribution in [3.8, 4) is 23.0 Å². The van der Waals surface area contributed by atoms with Crippen LogP contribution >= 0.6 is 0 Å². The molecule has 0 radical (unpaired) electrons. The summed E-state index contributed by atoms with van der Waals surface area (Å²) in [4.78, 5) is 3.38. The number of aromatic nitrogens is 1. The Balaban J connectivity index is 0.000000157. The van der Waals surface area contributed by atoms with Crippen LogP contribution in [-0.4, -0.2) is 4.98 Å². The minimum Gasteiger partial charge on any atom is -0.457 e. The van der Waals surface area contributed by atoms with Gasteiger partial charge in [0.1, 0.15) is 23.0 Å². The van der Waals surface area contributed by atoms with E-state index in [1.54, 1.807) is 0 Å². The van der Waals surface area contributed by atoms with Crippen LogP contribution in [0, 0.1) is 6.92 Å². The van der Waals surface area contributed by atoms with Crippen molar-refractivity contribution < 1.29 is 9.47 Å². The molecule has 0 aliphatic carbocycles. The van der Waals surface area contributed by atoms with Gasteiger partial charge >= 0.3 is 0 Å². The van der Waals surface area contributed by atoms with Crippen molar-refractivity contribution in [3.05, 3.63) is 133 Å². The van der Waals surface area contributed by atoms with Gasteiger partial charge in [0.25, 0.3) is 0 Å². The van der Waals surface area contributed by atoms with E-state index in [9.17, 15) is 0 Å². The molecule has 6 aromatic rings. The van der Waals surface area contributed by atoms with Crippen molar-refractivity contribution in [2.75, 3.05) is 0 Å². The van der Waals surface area contributed by atoms with Crippen LogP contribution in [-0.2, 0) is 0 Å². The number of hydrogen-bond acceptors (Lipinski definition) is 2. The minimum absolute atomic E-state index is 0.805. The van der Waals surface area contributed by atoms with Gasteiger partial charge in [-0.25, -0.2) is 0 Å². The number of fused-ring (bicyclic) bond motifs is 3. The predicted octanol–water partition coefficient (Wildman–Crippen LogP) is 8.90. The summed E-state index contributed by atoms with van der Waals surface area (Å²) in [7, 11) is 0. The number of nitrogens with one attached hydrogen (secondary N) is 1. The third-order valence-corrected chi connectivity index (χ3v) is 5.51. The third-order valence-electron chi connectivity index (χ3n) is 5.51. The summed E-state index contributed by atoms with van der Waals surface area (Å²) >= 11 is 0. The van der Waals surface area contributed by atoms with E-state index in [0.717, 1.165) is 28.6 Å². The zero-order chi connectivity index (χ0) is 23.2. The Morgan fingerprint density at radius 1 is 0.471 bits per heavy atom. The van der Waals surface area contributed by atoms with Gasteiger partial charge in [0.2, 0.25) is 0 Å². The fourth-order valence-electron chi connectivity index (χ4n) is 3.84. The maximum absolute atomic E-state index is 5.86. The molecule has 0 saturated heterocycles. The molecule has 0 aliphatic heterocycles. The van der Waals surface area contributed by atoms with E-state index in [1.165, 1.54) is 21.8 Å². The van der Waals surface area contributed by atoms with Crippen LogP contribution in [0.1, 0.15) is 5.56 Å². The van der Waals surface area contributed by atoms with Crippen molar-refractivity contribution in [1.29, 1.82) is 0 Å². The first kappa shape index (κ1) is 21.4. The molecule has 1 aromatic heterocycles. The lowest BCUT2D eigenvalue weighted by Crippen LogP contribution is -1.89. The average molecular weight is 444 g/mol. The van der Waals surface area contributed by atoms with Crippen LogP contribution in [0.4, 0.5) is 0 Å². The second-order valence-electron chi connectivity index (χ2n) is 7.97. The smallest absolute Gasteiger partial charge is 0.130 e. The monoisotopic (exact) mass is 443 g/mol. The normalized spacial score (nSPS) is 10.5. The van der Waals surface area contributed by atoms with E-state index in [0.29, 0.717) is 0 Å². The number of hydrogen-bond donors (Lipinski definition) is 1. The highest BCUT2D eigenvalue weighted by molar-refractivity contribution is 6.06. The summed E-state index contributed by atoms with van der Waals surface area (Å²) in [6.07, 6.45) is 0. The summed E-state index contributed by atoms with van der Waals surface area (Å²) < 4.78 is 11.7. The second-order valence-corrected chi connectivity index (χ2v) is 7.97. The summed E-state index contributed by atoms with van der Waals surface area (Å²) in [5.74, 6) is 3.30. The van der Waals surface area contributed by atoms with E-state index in [2.05, 4.69) is 53.5 Å². The maximum atomic E-state index is 5.86. The lowest BCUT2D eigenvalue weighted by molar-refractivity contribution is 0.466. The van der Waals surface area contributed by atoms with Crippen LogP contribution in [0.3, 0.4) is 0 Å². The molecule has 0 amide bonds. The molecule has 6 rings (SSSR count). The van der Waals surface area contributed by atoms with Crippen LogP contribution in [0.5, 0.6) is 23.0 Å². The minimum atomic E-state index is 0.805. The fourth-order valence-corrected chi connectivity index (χ4v) is 3.84. The molecule has 0 fully saturated rings. The van der Waals surface area contributed by atoms with Gasteiger partial charge in [-0.15, -0.1) is 0 Å². The van der Waals surface area contributed by atoms with Gasteiger partial charge in [0, 0.05) is 21.8 Å². The number of aromatic amines is 1. The molecule has 3 heteroatoms. The molecule has 0 saturated carbocycles. The molecule has 0 spiro atoms. The Labute approximate surface area is 199 Å². The van der Waals surface area contributed by atoms with Crippen LogP contribution < -0.4 is 9.47 Å². The topological polar surface area (TPSA) is 34.2 Å². The SMILES string of the molecule is Cc1cc(Oc2ccccc2)ccc1Oc1ccccc1.c1ccc2c(c1)[nH]c1ccccc12. The molecule has 166 valence electrons. The Bertz CT molecular complexity index is 1450. The molecule has 0 atom stereocenters. The quantitative estimate of drug-likeness (QED) is 0.295. The zero-order valence-electron chi connectivity index (χ0n) is 18.9. The number of rotatable bonds is 4. The predicted molar refractivity (Wildman–Crippen MR) is 140 cm³/mol. The lowest BCUT2D eigenvalue weighted by Gasteiger charge is -2.11. The first-order chi connectivity index (χ1) is 16.8. The molecule has 34 heavy (non-hydrogen) atoms. The van der Waals surface area contributed by atoms with Gasteiger partial charge in [0.05, 0.1) is 0 Å². The molecule has 0 aliphatic rings. The van der Waals surface area contributed by atoms with Crippen LogP contribution in [0.15, 0.2) is 127 Å². The lowest BCUT2D eigenvalue weighted by atomic mass is 10.2. The van der Waals surface area contributed by atoms with Crippen molar-refractivity contribution in [1.82, 2.24) is 4.98 Å². The summed E-state index contributed by atoms with van der Waals surface area (Å²) in [5, 5.41) is 2.61. The highest BCUT2D eigenvalue weighted by Gasteiger charge is 2.04. The molecular weight excluding hydrogens is 418 g/mol. The van der Waals surface area contributed by atoms with E-state index in [-0.39, 0.29) is 0 Å². The second kappa shape index (κ2) is 9.97. The first-order valence-corrected chi connectivity index (χ1v) is 11.3. The molecule has 5 aromatic carbocycles. The van der Waals surface area contributed by atoms with E-state index >= 15 is 0 Å². The van der Waals surface area contributed by atoms with E-state index in [4.69, 9.17) is 9.47 Å². The highest BCUT2D eigenvalue weighted by atomic mass is 16.5. The molecule has 1 heterocycles. The summed E-state index contributed by atoms with van der Waals surface area (Å²) in [5.41, 5.74) is 3.46. The summed E-state index contributed by atoms with van der Waals surface area (Å²) in [6.45, 7) is 2.01. The van der Waals surface area contributed by atoms with Gasteiger partial charge in [-0.3, -0.25) is 0 Å². The summed E-state index contributed by atoms with van der Waals surface area (Å²) in [6, 6.07) is 42.1. The number of aryl methyl sites for hydroxylation is 1. The van der Waals surface area contributed by atoms with Gasteiger partial charge in [0.15, 0.2) is 0 Å².